The Bertz CT molecular complexity index is 555. The highest BCUT2D eigenvalue weighted by atomic mass is 16.4. The zero-order chi connectivity index (χ0) is 14.1. The molecule has 20 heavy (non-hydrogen) atoms. The number of carbonyl (C=O) groups is 2. The highest BCUT2D eigenvalue weighted by molar-refractivity contribution is 5.86. The Kier molecular flexibility index (Phi) is 3.26. The number of aliphatic carboxylic acids is 1. The lowest BCUT2D eigenvalue weighted by atomic mass is 9.82. The van der Waals surface area contributed by atoms with Gasteiger partial charge in [-0.25, -0.2) is 0 Å². The fourth-order valence-electron chi connectivity index (χ4n) is 3.32. The topological polar surface area (TPSA) is 79.3 Å². The van der Waals surface area contributed by atoms with Crippen molar-refractivity contribution in [2.75, 3.05) is 0 Å². The van der Waals surface area contributed by atoms with Gasteiger partial charge in [0.05, 0.1) is 11.8 Å². The van der Waals surface area contributed by atoms with E-state index in [1.807, 2.05) is 24.3 Å². The Morgan fingerprint density at radius 2 is 1.85 bits per heavy atom. The van der Waals surface area contributed by atoms with E-state index >= 15 is 0 Å². The van der Waals surface area contributed by atoms with Crippen molar-refractivity contribution in [3.05, 3.63) is 42.2 Å². The van der Waals surface area contributed by atoms with Gasteiger partial charge in [-0.15, -0.1) is 0 Å². The van der Waals surface area contributed by atoms with E-state index in [0.29, 0.717) is 6.54 Å². The molecule has 1 saturated carbocycles. The standard InChI is InChI=1S/C15H16N2O3/c18-14(17-8-9-3-5-16-6-4-9)12-10-1-2-11(7-10)13(12)15(19)20/h1-6,10-13H,7-8H2,(H,17,18)(H,19,20)/t10-,11+,12+,13+/m0/s1. The van der Waals surface area contributed by atoms with Gasteiger partial charge in [0.1, 0.15) is 0 Å². The average molecular weight is 272 g/mol. The van der Waals surface area contributed by atoms with Gasteiger partial charge in [0, 0.05) is 18.9 Å². The van der Waals surface area contributed by atoms with Crippen LogP contribution in [0.4, 0.5) is 0 Å². The maximum absolute atomic E-state index is 12.3. The molecule has 1 aromatic rings. The first kappa shape index (κ1) is 12.8. The summed E-state index contributed by atoms with van der Waals surface area (Å²) in [6.45, 7) is 0.408. The molecule has 0 aromatic carbocycles. The number of carbonyl (C=O) groups excluding carboxylic acids is 1. The Morgan fingerprint density at radius 3 is 2.50 bits per heavy atom. The second-order valence-electron chi connectivity index (χ2n) is 5.41. The van der Waals surface area contributed by atoms with E-state index in [1.165, 1.54) is 0 Å². The van der Waals surface area contributed by atoms with Crippen LogP contribution in [0.3, 0.4) is 0 Å². The number of pyridine rings is 1. The first-order valence-electron chi connectivity index (χ1n) is 6.74. The van der Waals surface area contributed by atoms with Crippen molar-refractivity contribution >= 4 is 11.9 Å². The Balaban J connectivity index is 1.68. The molecule has 2 aliphatic rings. The van der Waals surface area contributed by atoms with Crippen LogP contribution in [0.15, 0.2) is 36.7 Å². The number of carboxylic acid groups (broad SMARTS) is 1. The predicted octanol–water partition coefficient (Wildman–Crippen LogP) is 1.22. The smallest absolute Gasteiger partial charge is 0.307 e. The van der Waals surface area contributed by atoms with Gasteiger partial charge in [-0.2, -0.15) is 0 Å². The van der Waals surface area contributed by atoms with E-state index in [9.17, 15) is 14.7 Å². The van der Waals surface area contributed by atoms with Crippen LogP contribution < -0.4 is 5.32 Å². The minimum absolute atomic E-state index is 0.00850. The molecule has 2 bridgehead atoms. The molecule has 0 radical (unpaired) electrons. The minimum Gasteiger partial charge on any atom is -0.481 e. The summed E-state index contributed by atoms with van der Waals surface area (Å²) in [7, 11) is 0. The molecular formula is C15H16N2O3. The number of amides is 1. The predicted molar refractivity (Wildman–Crippen MR) is 71.4 cm³/mol. The van der Waals surface area contributed by atoms with Crippen LogP contribution in [0.1, 0.15) is 12.0 Å². The molecule has 2 N–H and O–H groups in total. The van der Waals surface area contributed by atoms with Crippen LogP contribution in [0, 0.1) is 23.7 Å². The van der Waals surface area contributed by atoms with E-state index in [2.05, 4.69) is 10.3 Å². The number of hydrogen-bond acceptors (Lipinski definition) is 3. The SMILES string of the molecule is O=C(O)[C@H]1[C@H](C(=O)NCc2ccncc2)[C@H]2C=C[C@@H]1C2. The fraction of sp³-hybridized carbons (Fsp3) is 0.400. The van der Waals surface area contributed by atoms with Crippen molar-refractivity contribution in [2.45, 2.75) is 13.0 Å². The summed E-state index contributed by atoms with van der Waals surface area (Å²) >= 11 is 0. The molecule has 0 unspecified atom stereocenters. The molecule has 1 fully saturated rings. The molecule has 0 saturated heterocycles. The van der Waals surface area contributed by atoms with Crippen molar-refractivity contribution in [3.8, 4) is 0 Å². The molecule has 1 heterocycles. The summed E-state index contributed by atoms with van der Waals surface area (Å²) in [6, 6.07) is 3.66. The second-order valence-corrected chi connectivity index (χ2v) is 5.41. The lowest BCUT2D eigenvalue weighted by Crippen LogP contribution is -2.39. The normalized spacial score (nSPS) is 30.4. The third-order valence-electron chi connectivity index (χ3n) is 4.26. The van der Waals surface area contributed by atoms with Crippen LogP contribution in [0.2, 0.25) is 0 Å². The van der Waals surface area contributed by atoms with Crippen LogP contribution in [0.25, 0.3) is 0 Å². The molecule has 1 aromatic heterocycles. The molecule has 2 aliphatic carbocycles. The summed E-state index contributed by atoms with van der Waals surface area (Å²) in [5.41, 5.74) is 0.957. The lowest BCUT2D eigenvalue weighted by Gasteiger charge is -2.23. The molecular weight excluding hydrogens is 256 g/mol. The summed E-state index contributed by atoms with van der Waals surface area (Å²) in [6.07, 6.45) is 8.05. The number of allylic oxidation sites excluding steroid dienone is 2. The number of carboxylic acids is 1. The second kappa shape index (κ2) is 5.07. The number of aromatic nitrogens is 1. The molecule has 5 heteroatoms. The Hall–Kier alpha value is -2.17. The van der Waals surface area contributed by atoms with Crippen LogP contribution in [-0.4, -0.2) is 22.0 Å². The third kappa shape index (κ3) is 2.19. The largest absolute Gasteiger partial charge is 0.481 e. The van der Waals surface area contributed by atoms with Gasteiger partial charge in [-0.05, 0) is 36.0 Å². The average Bonchev–Trinajstić information content (AvgIpc) is 3.06. The summed E-state index contributed by atoms with van der Waals surface area (Å²) in [5, 5.41) is 12.2. The number of rotatable bonds is 4. The summed E-state index contributed by atoms with van der Waals surface area (Å²) in [5.74, 6) is -1.98. The minimum atomic E-state index is -0.870. The number of hydrogen-bond donors (Lipinski definition) is 2. The number of nitrogens with one attached hydrogen (secondary N) is 1. The molecule has 0 aliphatic heterocycles. The summed E-state index contributed by atoms with van der Waals surface area (Å²) in [4.78, 5) is 27.6. The quantitative estimate of drug-likeness (QED) is 0.808. The maximum Gasteiger partial charge on any atom is 0.307 e. The zero-order valence-corrected chi connectivity index (χ0v) is 10.9. The van der Waals surface area contributed by atoms with Crippen LogP contribution in [0.5, 0.6) is 0 Å². The van der Waals surface area contributed by atoms with E-state index in [0.717, 1.165) is 12.0 Å². The maximum atomic E-state index is 12.3. The van der Waals surface area contributed by atoms with Gasteiger partial charge in [0.25, 0.3) is 0 Å². The molecule has 4 atom stereocenters. The molecule has 1 amide bonds. The van der Waals surface area contributed by atoms with Gasteiger partial charge in [-0.1, -0.05) is 12.2 Å². The molecule has 0 spiro atoms. The first-order valence-corrected chi connectivity index (χ1v) is 6.74. The highest BCUT2D eigenvalue weighted by Gasteiger charge is 2.51. The lowest BCUT2D eigenvalue weighted by molar-refractivity contribution is -0.147. The van der Waals surface area contributed by atoms with Crippen LogP contribution in [-0.2, 0) is 16.1 Å². The monoisotopic (exact) mass is 272 g/mol. The van der Waals surface area contributed by atoms with Crippen molar-refractivity contribution in [1.29, 1.82) is 0 Å². The van der Waals surface area contributed by atoms with E-state index in [-0.39, 0.29) is 17.7 Å². The van der Waals surface area contributed by atoms with E-state index in [4.69, 9.17) is 0 Å². The molecule has 5 nitrogen and oxygen atoms in total. The van der Waals surface area contributed by atoms with Crippen molar-refractivity contribution in [3.63, 3.8) is 0 Å². The Morgan fingerprint density at radius 1 is 1.20 bits per heavy atom. The van der Waals surface area contributed by atoms with E-state index in [1.54, 1.807) is 12.4 Å². The van der Waals surface area contributed by atoms with Gasteiger partial charge in [-0.3, -0.25) is 14.6 Å². The third-order valence-corrected chi connectivity index (χ3v) is 4.26. The van der Waals surface area contributed by atoms with Gasteiger partial charge in [0.2, 0.25) is 5.91 Å². The van der Waals surface area contributed by atoms with Gasteiger partial charge in [0.15, 0.2) is 0 Å². The molecule has 104 valence electrons. The summed E-state index contributed by atoms with van der Waals surface area (Å²) < 4.78 is 0. The first-order chi connectivity index (χ1) is 9.66. The van der Waals surface area contributed by atoms with Crippen molar-refractivity contribution in [1.82, 2.24) is 10.3 Å². The molecule has 3 rings (SSSR count). The van der Waals surface area contributed by atoms with Crippen LogP contribution >= 0.6 is 0 Å². The number of fused-ring (bicyclic) bond motifs is 2. The number of nitrogens with zero attached hydrogens (tertiary/aromatic N) is 1. The zero-order valence-electron chi connectivity index (χ0n) is 10.9. The highest BCUT2D eigenvalue weighted by Crippen LogP contribution is 2.48. The van der Waals surface area contributed by atoms with E-state index < -0.39 is 17.8 Å². The Labute approximate surface area is 116 Å². The fourth-order valence-corrected chi connectivity index (χ4v) is 3.32. The van der Waals surface area contributed by atoms with Gasteiger partial charge >= 0.3 is 5.97 Å². The van der Waals surface area contributed by atoms with Gasteiger partial charge < -0.3 is 10.4 Å². The van der Waals surface area contributed by atoms with Crippen molar-refractivity contribution in [2.24, 2.45) is 23.7 Å². The van der Waals surface area contributed by atoms with Crippen molar-refractivity contribution < 1.29 is 14.7 Å².